The van der Waals surface area contributed by atoms with Crippen LogP contribution in [0.5, 0.6) is 11.5 Å². The molecule has 0 radical (unpaired) electrons. The molecule has 2 aromatic carbocycles. The van der Waals surface area contributed by atoms with Crippen molar-refractivity contribution in [3.05, 3.63) is 71.3 Å². The van der Waals surface area contributed by atoms with Crippen LogP contribution in [0.2, 0.25) is 0 Å². The van der Waals surface area contributed by atoms with Crippen LogP contribution in [0.1, 0.15) is 21.7 Å². The lowest BCUT2D eigenvalue weighted by atomic mass is 10.0. The first-order valence-electron chi connectivity index (χ1n) is 7.79. The van der Waals surface area contributed by atoms with Crippen molar-refractivity contribution in [3.63, 3.8) is 0 Å². The van der Waals surface area contributed by atoms with Gasteiger partial charge in [0, 0.05) is 18.3 Å². The molecule has 0 unspecified atom stereocenters. The van der Waals surface area contributed by atoms with Crippen LogP contribution < -0.4 is 4.74 Å². The van der Waals surface area contributed by atoms with Gasteiger partial charge in [-0.3, -0.25) is 0 Å². The molecule has 0 fully saturated rings. The summed E-state index contributed by atoms with van der Waals surface area (Å²) >= 11 is 0. The van der Waals surface area contributed by atoms with Crippen LogP contribution in [-0.4, -0.2) is 15.6 Å². The molecule has 0 saturated carbocycles. The molecule has 5 nitrogen and oxygen atoms in total. The summed E-state index contributed by atoms with van der Waals surface area (Å²) in [7, 11) is 1.62. The molecule has 130 valence electrons. The largest absolute Gasteiger partial charge is 0.477 e. The number of carboxylic acids is 1. The zero-order chi connectivity index (χ0) is 18.8. The third-order valence-electron chi connectivity index (χ3n) is 4.19. The number of carbonyl (C=O) groups is 1. The van der Waals surface area contributed by atoms with Crippen molar-refractivity contribution in [2.45, 2.75) is 6.92 Å². The van der Waals surface area contributed by atoms with Crippen molar-refractivity contribution in [2.24, 2.45) is 7.05 Å². The number of ether oxygens (including phenoxy) is 1. The fourth-order valence-corrected chi connectivity index (χ4v) is 2.80. The number of aromatic nitrogens is 1. The first kappa shape index (κ1) is 17.2. The Hall–Kier alpha value is -3.59. The minimum Gasteiger partial charge on any atom is -0.477 e. The second-order valence-corrected chi connectivity index (χ2v) is 5.74. The molecule has 0 bridgehead atoms. The summed E-state index contributed by atoms with van der Waals surface area (Å²) in [5.41, 5.74) is 1.97. The zero-order valence-corrected chi connectivity index (χ0v) is 14.2. The van der Waals surface area contributed by atoms with Crippen LogP contribution in [0.4, 0.5) is 4.39 Å². The van der Waals surface area contributed by atoms with Crippen LogP contribution in [0.3, 0.4) is 0 Å². The fourth-order valence-electron chi connectivity index (χ4n) is 2.80. The van der Waals surface area contributed by atoms with Crippen molar-refractivity contribution in [1.82, 2.24) is 4.57 Å². The minimum absolute atomic E-state index is 0.0613. The molecule has 1 heterocycles. The minimum atomic E-state index is -1.10. The number of benzene rings is 2. The number of halogens is 1. The van der Waals surface area contributed by atoms with E-state index in [1.165, 1.54) is 28.8 Å². The summed E-state index contributed by atoms with van der Waals surface area (Å²) in [6, 6.07) is 14.5. The Morgan fingerprint density at radius 1 is 1.12 bits per heavy atom. The number of rotatable bonds is 4. The van der Waals surface area contributed by atoms with Gasteiger partial charge in [0.2, 0.25) is 0 Å². The van der Waals surface area contributed by atoms with Gasteiger partial charge >= 0.3 is 5.97 Å². The van der Waals surface area contributed by atoms with Gasteiger partial charge in [0.1, 0.15) is 29.1 Å². The molecular formula is C20H15FN2O3. The predicted molar refractivity (Wildman–Crippen MR) is 93.7 cm³/mol. The smallest absolute Gasteiger partial charge is 0.353 e. The number of carboxylic acid groups (broad SMARTS) is 1. The van der Waals surface area contributed by atoms with Crippen molar-refractivity contribution < 1.29 is 19.0 Å². The highest BCUT2D eigenvalue weighted by atomic mass is 19.1. The average molecular weight is 350 g/mol. The highest BCUT2D eigenvalue weighted by Crippen LogP contribution is 2.33. The molecule has 26 heavy (non-hydrogen) atoms. The summed E-state index contributed by atoms with van der Waals surface area (Å²) in [6.07, 6.45) is 0. The summed E-state index contributed by atoms with van der Waals surface area (Å²) in [4.78, 5) is 11.6. The number of hydrogen-bond donors (Lipinski definition) is 1. The second kappa shape index (κ2) is 6.73. The van der Waals surface area contributed by atoms with Gasteiger partial charge in [-0.1, -0.05) is 12.1 Å². The van der Waals surface area contributed by atoms with Gasteiger partial charge in [-0.25, -0.2) is 9.18 Å². The molecule has 0 aliphatic rings. The second-order valence-electron chi connectivity index (χ2n) is 5.74. The Kier molecular flexibility index (Phi) is 4.46. The van der Waals surface area contributed by atoms with E-state index in [4.69, 9.17) is 4.74 Å². The molecule has 1 aromatic heterocycles. The van der Waals surface area contributed by atoms with Crippen LogP contribution >= 0.6 is 0 Å². The van der Waals surface area contributed by atoms with E-state index in [0.29, 0.717) is 33.9 Å². The highest BCUT2D eigenvalue weighted by Gasteiger charge is 2.24. The van der Waals surface area contributed by atoms with Gasteiger partial charge < -0.3 is 14.4 Å². The molecule has 3 rings (SSSR count). The molecular weight excluding hydrogens is 335 g/mol. The predicted octanol–water partition coefficient (Wildman–Crippen LogP) is 4.50. The van der Waals surface area contributed by atoms with E-state index in [2.05, 4.69) is 6.07 Å². The number of aromatic carboxylic acids is 1. The van der Waals surface area contributed by atoms with Crippen molar-refractivity contribution in [2.75, 3.05) is 0 Å². The van der Waals surface area contributed by atoms with Gasteiger partial charge in [0.15, 0.2) is 0 Å². The van der Waals surface area contributed by atoms with Gasteiger partial charge in [-0.15, -0.1) is 0 Å². The molecule has 0 aliphatic heterocycles. The summed E-state index contributed by atoms with van der Waals surface area (Å²) in [6.45, 7) is 1.71. The van der Waals surface area contributed by atoms with E-state index in [-0.39, 0.29) is 11.5 Å². The first-order valence-corrected chi connectivity index (χ1v) is 7.79. The van der Waals surface area contributed by atoms with Gasteiger partial charge in [-0.2, -0.15) is 5.26 Å². The quantitative estimate of drug-likeness (QED) is 0.751. The molecule has 1 N–H and O–H groups in total. The lowest BCUT2D eigenvalue weighted by Crippen LogP contribution is -2.06. The third-order valence-corrected chi connectivity index (χ3v) is 4.19. The van der Waals surface area contributed by atoms with Crippen LogP contribution in [0.15, 0.2) is 48.5 Å². The molecule has 0 atom stereocenters. The van der Waals surface area contributed by atoms with E-state index >= 15 is 0 Å². The highest BCUT2D eigenvalue weighted by molar-refractivity contribution is 5.97. The Balaban J connectivity index is 1.99. The Labute approximate surface area is 149 Å². The third kappa shape index (κ3) is 3.03. The van der Waals surface area contributed by atoms with Gasteiger partial charge in [0.05, 0.1) is 5.56 Å². The summed E-state index contributed by atoms with van der Waals surface area (Å²) in [5, 5.41) is 19.0. The van der Waals surface area contributed by atoms with Crippen molar-refractivity contribution >= 4 is 5.97 Å². The lowest BCUT2D eigenvalue weighted by Gasteiger charge is -2.08. The van der Waals surface area contributed by atoms with E-state index in [1.807, 2.05) is 0 Å². The topological polar surface area (TPSA) is 75.2 Å². The SMILES string of the molecule is Cc1c(C#N)c(-c2ccc(Oc3ccc(F)cc3)cc2)c(C(=O)O)n1C. The molecule has 3 aromatic rings. The van der Waals surface area contributed by atoms with E-state index < -0.39 is 5.97 Å². The maximum absolute atomic E-state index is 12.9. The lowest BCUT2D eigenvalue weighted by molar-refractivity contribution is 0.0687. The van der Waals surface area contributed by atoms with Crippen molar-refractivity contribution in [1.29, 1.82) is 5.26 Å². The van der Waals surface area contributed by atoms with E-state index in [1.54, 1.807) is 38.2 Å². The van der Waals surface area contributed by atoms with Gasteiger partial charge in [0.25, 0.3) is 0 Å². The molecule has 6 heteroatoms. The molecule has 0 aliphatic carbocycles. The molecule has 0 amide bonds. The van der Waals surface area contributed by atoms with E-state index in [9.17, 15) is 19.6 Å². The van der Waals surface area contributed by atoms with Crippen LogP contribution in [0, 0.1) is 24.1 Å². The maximum Gasteiger partial charge on any atom is 0.353 e. The van der Waals surface area contributed by atoms with Gasteiger partial charge in [-0.05, 0) is 48.9 Å². The number of hydrogen-bond acceptors (Lipinski definition) is 3. The standard InChI is InChI=1S/C20H15FN2O3/c1-12-17(11-22)18(19(20(24)25)23(12)2)13-3-7-15(8-4-13)26-16-9-5-14(21)6-10-16/h3-10H,1-2H3,(H,24,25). The van der Waals surface area contributed by atoms with E-state index in [0.717, 1.165) is 0 Å². The normalized spacial score (nSPS) is 10.4. The maximum atomic E-state index is 12.9. The fraction of sp³-hybridized carbons (Fsp3) is 0.100. The Morgan fingerprint density at radius 3 is 2.15 bits per heavy atom. The summed E-state index contributed by atoms with van der Waals surface area (Å²) in [5.74, 6) is -0.446. The molecule has 0 spiro atoms. The Bertz CT molecular complexity index is 1010. The summed E-state index contributed by atoms with van der Waals surface area (Å²) < 4.78 is 20.1. The first-order chi connectivity index (χ1) is 12.4. The van der Waals surface area contributed by atoms with Crippen LogP contribution in [0.25, 0.3) is 11.1 Å². The molecule has 0 saturated heterocycles. The van der Waals surface area contributed by atoms with Crippen LogP contribution in [-0.2, 0) is 7.05 Å². The number of nitriles is 1. The zero-order valence-electron chi connectivity index (χ0n) is 14.2. The Morgan fingerprint density at radius 2 is 1.65 bits per heavy atom. The monoisotopic (exact) mass is 350 g/mol. The average Bonchev–Trinajstić information content (AvgIpc) is 2.88. The number of nitrogens with zero attached hydrogens (tertiary/aromatic N) is 2. The van der Waals surface area contributed by atoms with Crippen molar-refractivity contribution in [3.8, 4) is 28.7 Å².